The fraction of sp³-hybridized carbons (Fsp3) is 0.333. The van der Waals surface area contributed by atoms with E-state index in [4.69, 9.17) is 11.6 Å². The molecule has 0 aliphatic carbocycles. The largest absolute Gasteiger partial charge is 0.366 e. The fourth-order valence-corrected chi connectivity index (χ4v) is 2.07. The average molecular weight is 276 g/mol. The third-order valence-electron chi connectivity index (χ3n) is 2.85. The normalized spacial score (nSPS) is 10.4. The third-order valence-corrected chi connectivity index (χ3v) is 3.16. The van der Waals surface area contributed by atoms with E-state index in [1.54, 1.807) is 6.33 Å². The van der Waals surface area contributed by atoms with Gasteiger partial charge in [-0.1, -0.05) is 37.6 Å². The van der Waals surface area contributed by atoms with Gasteiger partial charge in [-0.25, -0.2) is 9.97 Å². The molecule has 1 N–H and O–H groups in total. The maximum absolute atomic E-state index is 5.83. The summed E-state index contributed by atoms with van der Waals surface area (Å²) in [4.78, 5) is 8.47. The second kappa shape index (κ2) is 7.10. The van der Waals surface area contributed by atoms with E-state index in [0.29, 0.717) is 5.88 Å². The molecule has 0 aliphatic heterocycles. The van der Waals surface area contributed by atoms with Crippen LogP contribution in [0.25, 0.3) is 0 Å². The molecular formula is C15H18ClN3. The summed E-state index contributed by atoms with van der Waals surface area (Å²) in [7, 11) is 0. The summed E-state index contributed by atoms with van der Waals surface area (Å²) in [5, 5.41) is 3.32. The summed E-state index contributed by atoms with van der Waals surface area (Å²) < 4.78 is 0. The van der Waals surface area contributed by atoms with Crippen molar-refractivity contribution in [3.05, 3.63) is 53.5 Å². The van der Waals surface area contributed by atoms with Crippen LogP contribution in [0.5, 0.6) is 0 Å². The Morgan fingerprint density at radius 2 is 2.00 bits per heavy atom. The SMILES string of the molecule is CCCc1cc(NCc2cccc(CCl)c2)ncn1. The Labute approximate surface area is 119 Å². The molecule has 0 saturated heterocycles. The zero-order chi connectivity index (χ0) is 13.5. The molecule has 0 aliphatic rings. The van der Waals surface area contributed by atoms with Crippen LogP contribution in [0.2, 0.25) is 0 Å². The van der Waals surface area contributed by atoms with Crippen LogP contribution in [0, 0.1) is 0 Å². The number of nitrogens with one attached hydrogen (secondary N) is 1. The Kier molecular flexibility index (Phi) is 5.16. The Balaban J connectivity index is 1.99. The molecule has 100 valence electrons. The molecule has 0 spiro atoms. The number of halogens is 1. The molecule has 0 atom stereocenters. The summed E-state index contributed by atoms with van der Waals surface area (Å²) in [6, 6.07) is 10.2. The molecular weight excluding hydrogens is 258 g/mol. The number of alkyl halides is 1. The van der Waals surface area contributed by atoms with Crippen molar-refractivity contribution in [1.29, 1.82) is 0 Å². The predicted molar refractivity (Wildman–Crippen MR) is 79.4 cm³/mol. The number of aryl methyl sites for hydroxylation is 1. The smallest absolute Gasteiger partial charge is 0.129 e. The molecule has 2 rings (SSSR count). The number of rotatable bonds is 6. The van der Waals surface area contributed by atoms with E-state index in [9.17, 15) is 0 Å². The molecule has 4 heteroatoms. The predicted octanol–water partition coefficient (Wildman–Crippen LogP) is 3.78. The molecule has 1 aromatic carbocycles. The summed E-state index contributed by atoms with van der Waals surface area (Å²) >= 11 is 5.83. The highest BCUT2D eigenvalue weighted by Crippen LogP contribution is 2.11. The lowest BCUT2D eigenvalue weighted by Crippen LogP contribution is -2.03. The van der Waals surface area contributed by atoms with Gasteiger partial charge < -0.3 is 5.32 Å². The first-order chi connectivity index (χ1) is 9.31. The molecule has 0 unspecified atom stereocenters. The molecule has 1 aromatic heterocycles. The minimum atomic E-state index is 0.544. The minimum absolute atomic E-state index is 0.544. The highest BCUT2D eigenvalue weighted by atomic mass is 35.5. The van der Waals surface area contributed by atoms with Crippen molar-refractivity contribution in [3.63, 3.8) is 0 Å². The molecule has 1 heterocycles. The number of nitrogens with zero attached hydrogens (tertiary/aromatic N) is 2. The fourth-order valence-electron chi connectivity index (χ4n) is 1.90. The molecule has 0 radical (unpaired) electrons. The standard InChI is InChI=1S/C15H18ClN3/c1-2-4-14-8-15(19-11-18-14)17-10-13-6-3-5-12(7-13)9-16/h3,5-8,11H,2,4,9-10H2,1H3,(H,17,18,19). The Morgan fingerprint density at radius 3 is 2.79 bits per heavy atom. The monoisotopic (exact) mass is 275 g/mol. The maximum Gasteiger partial charge on any atom is 0.129 e. The highest BCUT2D eigenvalue weighted by molar-refractivity contribution is 6.17. The third kappa shape index (κ3) is 4.21. The molecule has 0 amide bonds. The van der Waals surface area contributed by atoms with Gasteiger partial charge in [0.25, 0.3) is 0 Å². The maximum atomic E-state index is 5.83. The number of hydrogen-bond acceptors (Lipinski definition) is 3. The van der Waals surface area contributed by atoms with Crippen molar-refractivity contribution in [2.75, 3.05) is 5.32 Å². The molecule has 0 bridgehead atoms. The van der Waals surface area contributed by atoms with E-state index in [0.717, 1.165) is 36.5 Å². The van der Waals surface area contributed by atoms with Gasteiger partial charge in [0.05, 0.1) is 0 Å². The number of hydrogen-bond donors (Lipinski definition) is 1. The summed E-state index contributed by atoms with van der Waals surface area (Å²) in [6.45, 7) is 2.89. The van der Waals surface area contributed by atoms with Crippen LogP contribution in [0.15, 0.2) is 36.7 Å². The Hall–Kier alpha value is -1.61. The van der Waals surface area contributed by atoms with Crippen molar-refractivity contribution in [2.45, 2.75) is 32.2 Å². The van der Waals surface area contributed by atoms with Gasteiger partial charge in [-0.05, 0) is 17.5 Å². The Morgan fingerprint density at radius 1 is 1.16 bits per heavy atom. The molecule has 19 heavy (non-hydrogen) atoms. The van der Waals surface area contributed by atoms with Crippen molar-refractivity contribution in [3.8, 4) is 0 Å². The average Bonchev–Trinajstić information content (AvgIpc) is 2.46. The summed E-state index contributed by atoms with van der Waals surface area (Å²) in [5.74, 6) is 1.41. The van der Waals surface area contributed by atoms with Crippen LogP contribution in [0.4, 0.5) is 5.82 Å². The van der Waals surface area contributed by atoms with Crippen LogP contribution < -0.4 is 5.32 Å². The van der Waals surface area contributed by atoms with Crippen molar-refractivity contribution >= 4 is 17.4 Å². The van der Waals surface area contributed by atoms with E-state index in [2.05, 4.69) is 34.3 Å². The van der Waals surface area contributed by atoms with Gasteiger partial charge in [-0.3, -0.25) is 0 Å². The number of benzene rings is 1. The topological polar surface area (TPSA) is 37.8 Å². The second-order valence-electron chi connectivity index (χ2n) is 4.45. The highest BCUT2D eigenvalue weighted by Gasteiger charge is 1.99. The molecule has 2 aromatic rings. The molecule has 3 nitrogen and oxygen atoms in total. The van der Waals surface area contributed by atoms with Gasteiger partial charge in [-0.2, -0.15) is 0 Å². The summed E-state index contributed by atoms with van der Waals surface area (Å²) in [6.07, 6.45) is 3.69. The minimum Gasteiger partial charge on any atom is -0.366 e. The van der Waals surface area contributed by atoms with Crippen LogP contribution in [-0.4, -0.2) is 9.97 Å². The van der Waals surface area contributed by atoms with Crippen molar-refractivity contribution < 1.29 is 0 Å². The second-order valence-corrected chi connectivity index (χ2v) is 4.72. The van der Waals surface area contributed by atoms with Crippen molar-refractivity contribution in [1.82, 2.24) is 9.97 Å². The lowest BCUT2D eigenvalue weighted by atomic mass is 10.1. The first kappa shape index (κ1) is 13.8. The van der Waals surface area contributed by atoms with Gasteiger partial charge >= 0.3 is 0 Å². The van der Waals surface area contributed by atoms with Crippen LogP contribution in [0.3, 0.4) is 0 Å². The van der Waals surface area contributed by atoms with Crippen LogP contribution in [0.1, 0.15) is 30.2 Å². The zero-order valence-electron chi connectivity index (χ0n) is 11.1. The van der Waals surface area contributed by atoms with Gasteiger partial charge in [-0.15, -0.1) is 11.6 Å². The lowest BCUT2D eigenvalue weighted by molar-refractivity contribution is 0.871. The molecule has 0 saturated carbocycles. The number of anilines is 1. The van der Waals surface area contributed by atoms with Gasteiger partial charge in [0, 0.05) is 24.2 Å². The number of aromatic nitrogens is 2. The zero-order valence-corrected chi connectivity index (χ0v) is 11.8. The van der Waals surface area contributed by atoms with Crippen LogP contribution in [-0.2, 0) is 18.8 Å². The first-order valence-corrected chi connectivity index (χ1v) is 7.04. The van der Waals surface area contributed by atoms with Gasteiger partial charge in [0.2, 0.25) is 0 Å². The van der Waals surface area contributed by atoms with Gasteiger partial charge in [0.15, 0.2) is 0 Å². The van der Waals surface area contributed by atoms with Crippen molar-refractivity contribution in [2.24, 2.45) is 0 Å². The van der Waals surface area contributed by atoms with E-state index in [1.165, 1.54) is 5.56 Å². The molecule has 0 fully saturated rings. The van der Waals surface area contributed by atoms with E-state index >= 15 is 0 Å². The van der Waals surface area contributed by atoms with E-state index in [1.807, 2.05) is 18.2 Å². The van der Waals surface area contributed by atoms with E-state index in [-0.39, 0.29) is 0 Å². The van der Waals surface area contributed by atoms with Gasteiger partial charge in [0.1, 0.15) is 12.1 Å². The first-order valence-electron chi connectivity index (χ1n) is 6.50. The Bertz CT molecular complexity index is 528. The van der Waals surface area contributed by atoms with Crippen LogP contribution >= 0.6 is 11.6 Å². The van der Waals surface area contributed by atoms with E-state index < -0.39 is 0 Å². The quantitative estimate of drug-likeness (QED) is 0.816. The summed E-state index contributed by atoms with van der Waals surface area (Å²) in [5.41, 5.74) is 3.42. The lowest BCUT2D eigenvalue weighted by Gasteiger charge is -2.07.